The van der Waals surface area contributed by atoms with Gasteiger partial charge in [-0.25, -0.2) is 0 Å². The lowest BCUT2D eigenvalue weighted by Crippen LogP contribution is -2.44. The number of carbonyl (C=O) groups is 1. The highest BCUT2D eigenvalue weighted by Gasteiger charge is 2.42. The van der Waals surface area contributed by atoms with Crippen LogP contribution in [0.5, 0.6) is 0 Å². The molecule has 0 heterocycles. The van der Waals surface area contributed by atoms with Gasteiger partial charge in [0, 0.05) is 0 Å². The molecule has 86 valence electrons. The molecular weight excluding hydrogens is 204 g/mol. The highest BCUT2D eigenvalue weighted by atomic mass is 28.4. The molecule has 0 bridgehead atoms. The Morgan fingerprint density at radius 2 is 1.93 bits per heavy atom. The zero-order valence-corrected chi connectivity index (χ0v) is 11.5. The van der Waals surface area contributed by atoms with E-state index in [2.05, 4.69) is 40.4 Å². The summed E-state index contributed by atoms with van der Waals surface area (Å²) in [7, 11) is -1.80. The molecule has 0 aromatic heterocycles. The number of carbonyl (C=O) groups excluding carboxylic acids is 1. The second-order valence-electron chi connectivity index (χ2n) is 5.87. The van der Waals surface area contributed by atoms with Gasteiger partial charge in [0.1, 0.15) is 6.10 Å². The first-order valence-corrected chi connectivity index (χ1v) is 8.46. The zero-order chi connectivity index (χ0) is 11.9. The third-order valence-electron chi connectivity index (χ3n) is 3.59. The van der Waals surface area contributed by atoms with Gasteiger partial charge in [-0.1, -0.05) is 27.4 Å². The SMILES string of the molecule is C=C1CC[C@H](O[Si](C)(C)C(C)(C)C)C1=O. The molecule has 0 aromatic rings. The van der Waals surface area contributed by atoms with Gasteiger partial charge in [0.15, 0.2) is 14.1 Å². The van der Waals surface area contributed by atoms with E-state index in [9.17, 15) is 4.79 Å². The van der Waals surface area contributed by atoms with Gasteiger partial charge in [-0.05, 0) is 36.5 Å². The molecule has 1 fully saturated rings. The van der Waals surface area contributed by atoms with Crippen molar-refractivity contribution in [1.82, 2.24) is 0 Å². The van der Waals surface area contributed by atoms with Crippen LogP contribution in [0.1, 0.15) is 33.6 Å². The minimum Gasteiger partial charge on any atom is -0.407 e. The average Bonchev–Trinajstić information content (AvgIpc) is 2.33. The molecule has 15 heavy (non-hydrogen) atoms. The maximum absolute atomic E-state index is 11.7. The Hall–Kier alpha value is -0.413. The summed E-state index contributed by atoms with van der Waals surface area (Å²) < 4.78 is 6.07. The molecule has 1 atom stereocenters. The van der Waals surface area contributed by atoms with Gasteiger partial charge in [0.05, 0.1) is 0 Å². The normalized spacial score (nSPS) is 23.7. The predicted octanol–water partition coefficient (Wildman–Crippen LogP) is 3.30. The first-order valence-electron chi connectivity index (χ1n) is 5.55. The molecule has 0 amide bonds. The van der Waals surface area contributed by atoms with Gasteiger partial charge in [-0.15, -0.1) is 0 Å². The van der Waals surface area contributed by atoms with Gasteiger partial charge in [0.2, 0.25) is 0 Å². The Labute approximate surface area is 93.8 Å². The summed E-state index contributed by atoms with van der Waals surface area (Å²) >= 11 is 0. The summed E-state index contributed by atoms with van der Waals surface area (Å²) in [6.07, 6.45) is 1.42. The van der Waals surface area contributed by atoms with Crippen molar-refractivity contribution < 1.29 is 9.22 Å². The Morgan fingerprint density at radius 3 is 2.27 bits per heavy atom. The number of Topliss-reactive ketones (excluding diaryl/α,β-unsaturated/α-hetero) is 1. The van der Waals surface area contributed by atoms with E-state index < -0.39 is 8.32 Å². The van der Waals surface area contributed by atoms with Crippen LogP contribution < -0.4 is 0 Å². The second-order valence-corrected chi connectivity index (χ2v) is 10.6. The van der Waals surface area contributed by atoms with E-state index in [-0.39, 0.29) is 16.9 Å². The lowest BCUT2D eigenvalue weighted by Gasteiger charge is -2.37. The topological polar surface area (TPSA) is 26.3 Å². The van der Waals surface area contributed by atoms with E-state index in [1.54, 1.807) is 0 Å². The maximum Gasteiger partial charge on any atom is 0.193 e. The fraction of sp³-hybridized carbons (Fsp3) is 0.750. The molecule has 1 rings (SSSR count). The van der Waals surface area contributed by atoms with Gasteiger partial charge in [-0.3, -0.25) is 4.79 Å². The van der Waals surface area contributed by atoms with E-state index in [1.165, 1.54) is 0 Å². The van der Waals surface area contributed by atoms with Crippen LogP contribution in [-0.4, -0.2) is 20.2 Å². The summed E-state index contributed by atoms with van der Waals surface area (Å²) in [5.41, 5.74) is 0.735. The van der Waals surface area contributed by atoms with Crippen molar-refractivity contribution in [2.75, 3.05) is 0 Å². The van der Waals surface area contributed by atoms with Crippen LogP contribution in [0, 0.1) is 0 Å². The van der Waals surface area contributed by atoms with E-state index in [1.807, 2.05) is 0 Å². The molecule has 0 unspecified atom stereocenters. The molecule has 1 aliphatic rings. The molecule has 0 aromatic carbocycles. The van der Waals surface area contributed by atoms with E-state index >= 15 is 0 Å². The van der Waals surface area contributed by atoms with Crippen molar-refractivity contribution >= 4 is 14.1 Å². The minimum atomic E-state index is -1.80. The molecule has 0 spiro atoms. The largest absolute Gasteiger partial charge is 0.407 e. The van der Waals surface area contributed by atoms with Crippen LogP contribution in [0.25, 0.3) is 0 Å². The van der Waals surface area contributed by atoms with Gasteiger partial charge >= 0.3 is 0 Å². The smallest absolute Gasteiger partial charge is 0.193 e. The fourth-order valence-electron chi connectivity index (χ4n) is 1.43. The third kappa shape index (κ3) is 2.58. The Bertz CT molecular complexity index is 286. The van der Waals surface area contributed by atoms with Crippen LogP contribution >= 0.6 is 0 Å². The van der Waals surface area contributed by atoms with Crippen molar-refractivity contribution in [3.05, 3.63) is 12.2 Å². The summed E-state index contributed by atoms with van der Waals surface area (Å²) in [5, 5.41) is 0.164. The summed E-state index contributed by atoms with van der Waals surface area (Å²) in [4.78, 5) is 11.7. The molecule has 0 radical (unpaired) electrons. The van der Waals surface area contributed by atoms with Crippen LogP contribution in [0.2, 0.25) is 18.1 Å². The number of rotatable bonds is 2. The van der Waals surface area contributed by atoms with Crippen molar-refractivity contribution in [2.24, 2.45) is 0 Å². The van der Waals surface area contributed by atoms with Gasteiger partial charge < -0.3 is 4.43 Å². The Balaban J connectivity index is 2.71. The van der Waals surface area contributed by atoms with Crippen molar-refractivity contribution in [2.45, 2.75) is 57.8 Å². The van der Waals surface area contributed by atoms with Crippen LogP contribution in [0.4, 0.5) is 0 Å². The van der Waals surface area contributed by atoms with Gasteiger partial charge in [0.25, 0.3) is 0 Å². The molecule has 0 N–H and O–H groups in total. The second kappa shape index (κ2) is 3.87. The number of ketones is 1. The molecule has 2 nitrogen and oxygen atoms in total. The van der Waals surface area contributed by atoms with E-state index in [0.717, 1.165) is 18.4 Å². The standard InChI is InChI=1S/C12H22O2Si/c1-9-7-8-10(11(9)13)14-15(5,6)12(2,3)4/h10H,1,7-8H2,2-6H3/t10-/m0/s1. The van der Waals surface area contributed by atoms with E-state index in [4.69, 9.17) is 4.43 Å². The number of hydrogen-bond donors (Lipinski definition) is 0. The Morgan fingerprint density at radius 1 is 1.40 bits per heavy atom. The minimum absolute atomic E-state index is 0.125. The molecule has 3 heteroatoms. The van der Waals surface area contributed by atoms with Gasteiger partial charge in [-0.2, -0.15) is 0 Å². The average molecular weight is 226 g/mol. The lowest BCUT2D eigenvalue weighted by atomic mass is 10.2. The van der Waals surface area contributed by atoms with Crippen LogP contribution in [-0.2, 0) is 9.22 Å². The highest BCUT2D eigenvalue weighted by Crippen LogP contribution is 2.39. The quantitative estimate of drug-likeness (QED) is 0.533. The zero-order valence-electron chi connectivity index (χ0n) is 10.5. The third-order valence-corrected chi connectivity index (χ3v) is 8.08. The molecule has 1 saturated carbocycles. The molecule has 0 aliphatic heterocycles. The van der Waals surface area contributed by atoms with E-state index in [0.29, 0.717) is 0 Å². The summed E-state index contributed by atoms with van der Waals surface area (Å²) in [6, 6.07) is 0. The first kappa shape index (κ1) is 12.7. The highest BCUT2D eigenvalue weighted by molar-refractivity contribution is 6.74. The van der Waals surface area contributed by atoms with Crippen molar-refractivity contribution in [1.29, 1.82) is 0 Å². The maximum atomic E-state index is 11.7. The van der Waals surface area contributed by atoms with Crippen molar-refractivity contribution in [3.63, 3.8) is 0 Å². The molecular formula is C12H22O2Si. The monoisotopic (exact) mass is 226 g/mol. The Kier molecular flexibility index (Phi) is 3.26. The first-order chi connectivity index (χ1) is 6.65. The molecule has 1 aliphatic carbocycles. The molecule has 0 saturated heterocycles. The summed E-state index contributed by atoms with van der Waals surface area (Å²) in [6.45, 7) is 14.7. The lowest BCUT2D eigenvalue weighted by molar-refractivity contribution is -0.120. The predicted molar refractivity (Wildman–Crippen MR) is 65.5 cm³/mol. The summed E-state index contributed by atoms with van der Waals surface area (Å²) in [5.74, 6) is 0.125. The fourth-order valence-corrected chi connectivity index (χ4v) is 2.72. The number of hydrogen-bond acceptors (Lipinski definition) is 2. The van der Waals surface area contributed by atoms with Crippen LogP contribution in [0.15, 0.2) is 12.2 Å². The van der Waals surface area contributed by atoms with Crippen LogP contribution in [0.3, 0.4) is 0 Å². The van der Waals surface area contributed by atoms with Crippen molar-refractivity contribution in [3.8, 4) is 0 Å².